The van der Waals surface area contributed by atoms with Crippen molar-refractivity contribution < 1.29 is 14.6 Å². The summed E-state index contributed by atoms with van der Waals surface area (Å²) in [6.07, 6.45) is 2.32. The number of nitrogens with zero attached hydrogens (tertiary/aromatic N) is 2. The molecule has 1 aliphatic heterocycles. The molecule has 0 spiro atoms. The molecule has 0 aromatic carbocycles. The fourth-order valence-corrected chi connectivity index (χ4v) is 2.36. The van der Waals surface area contributed by atoms with Crippen molar-refractivity contribution in [2.24, 2.45) is 0 Å². The summed E-state index contributed by atoms with van der Waals surface area (Å²) in [6.45, 7) is 4.28. The zero-order chi connectivity index (χ0) is 13.8. The standard InChI is InChI=1S/C13H17ClN2O3/c1-2-16(8-9-4-3-7-19-9)11-6-5-10(14)12(15-11)13(17)18/h5-6,9H,2-4,7-8H2,1H3,(H,17,18). The van der Waals surface area contributed by atoms with Gasteiger partial charge < -0.3 is 14.7 Å². The zero-order valence-electron chi connectivity index (χ0n) is 10.8. The Bertz CT molecular complexity index is 461. The van der Waals surface area contributed by atoms with E-state index in [2.05, 4.69) is 4.98 Å². The molecule has 2 heterocycles. The maximum Gasteiger partial charge on any atom is 0.356 e. The molecule has 1 N–H and O–H groups in total. The van der Waals surface area contributed by atoms with Gasteiger partial charge in [0.15, 0.2) is 5.69 Å². The molecule has 1 unspecified atom stereocenters. The minimum atomic E-state index is -1.11. The zero-order valence-corrected chi connectivity index (χ0v) is 11.6. The van der Waals surface area contributed by atoms with Gasteiger partial charge in [0.2, 0.25) is 0 Å². The molecule has 19 heavy (non-hydrogen) atoms. The van der Waals surface area contributed by atoms with E-state index < -0.39 is 5.97 Å². The van der Waals surface area contributed by atoms with Crippen molar-refractivity contribution >= 4 is 23.4 Å². The Morgan fingerprint density at radius 1 is 1.63 bits per heavy atom. The quantitative estimate of drug-likeness (QED) is 0.900. The number of anilines is 1. The van der Waals surface area contributed by atoms with Gasteiger partial charge in [0.05, 0.1) is 11.1 Å². The van der Waals surface area contributed by atoms with Crippen LogP contribution in [0.3, 0.4) is 0 Å². The summed E-state index contributed by atoms with van der Waals surface area (Å²) in [4.78, 5) is 17.2. The normalized spacial score (nSPS) is 18.5. The van der Waals surface area contributed by atoms with Crippen molar-refractivity contribution in [3.05, 3.63) is 22.8 Å². The fourth-order valence-electron chi connectivity index (χ4n) is 2.18. The van der Waals surface area contributed by atoms with E-state index in [-0.39, 0.29) is 16.8 Å². The highest BCUT2D eigenvalue weighted by molar-refractivity contribution is 6.33. The maximum absolute atomic E-state index is 11.0. The van der Waals surface area contributed by atoms with Crippen molar-refractivity contribution in [1.82, 2.24) is 4.98 Å². The molecule has 1 aromatic rings. The topological polar surface area (TPSA) is 62.7 Å². The number of pyridine rings is 1. The molecule has 0 radical (unpaired) electrons. The lowest BCUT2D eigenvalue weighted by atomic mass is 10.2. The Labute approximate surface area is 117 Å². The number of aromatic nitrogens is 1. The Kier molecular flexibility index (Phi) is 4.61. The third kappa shape index (κ3) is 3.36. The Morgan fingerprint density at radius 3 is 3.00 bits per heavy atom. The summed E-state index contributed by atoms with van der Waals surface area (Å²) >= 11 is 5.82. The monoisotopic (exact) mass is 284 g/mol. The van der Waals surface area contributed by atoms with Crippen LogP contribution >= 0.6 is 11.6 Å². The van der Waals surface area contributed by atoms with E-state index in [4.69, 9.17) is 21.4 Å². The van der Waals surface area contributed by atoms with Crippen molar-refractivity contribution in [1.29, 1.82) is 0 Å². The summed E-state index contributed by atoms with van der Waals surface area (Å²) in [5, 5.41) is 9.20. The lowest BCUT2D eigenvalue weighted by molar-refractivity contribution is 0.0691. The molecule has 2 rings (SSSR count). The second-order valence-electron chi connectivity index (χ2n) is 4.48. The minimum absolute atomic E-state index is 0.107. The van der Waals surface area contributed by atoms with Crippen LogP contribution in [0.25, 0.3) is 0 Å². The first-order valence-corrected chi connectivity index (χ1v) is 6.76. The van der Waals surface area contributed by atoms with E-state index in [1.807, 2.05) is 11.8 Å². The highest BCUT2D eigenvalue weighted by Crippen LogP contribution is 2.21. The number of carboxylic acids is 1. The summed E-state index contributed by atoms with van der Waals surface area (Å²) in [7, 11) is 0. The second kappa shape index (κ2) is 6.21. The van der Waals surface area contributed by atoms with Crippen LogP contribution in [-0.4, -0.2) is 41.9 Å². The van der Waals surface area contributed by atoms with Gasteiger partial charge in [0.1, 0.15) is 5.82 Å². The predicted octanol–water partition coefficient (Wildman–Crippen LogP) is 2.44. The molecular formula is C13H17ClN2O3. The van der Waals surface area contributed by atoms with Crippen LogP contribution < -0.4 is 4.90 Å². The highest BCUT2D eigenvalue weighted by atomic mass is 35.5. The number of halogens is 1. The summed E-state index contributed by atoms with van der Waals surface area (Å²) < 4.78 is 5.60. The van der Waals surface area contributed by atoms with Crippen LogP contribution in [0, 0.1) is 0 Å². The minimum Gasteiger partial charge on any atom is -0.476 e. The number of likely N-dealkylation sites (N-methyl/N-ethyl adjacent to an activating group) is 1. The Hall–Kier alpha value is -1.33. The molecule has 1 aliphatic rings. The summed E-state index contributed by atoms with van der Waals surface area (Å²) in [5.74, 6) is -0.486. The van der Waals surface area contributed by atoms with E-state index in [1.165, 1.54) is 0 Å². The first-order valence-electron chi connectivity index (χ1n) is 6.38. The van der Waals surface area contributed by atoms with E-state index >= 15 is 0 Å². The van der Waals surface area contributed by atoms with E-state index in [0.29, 0.717) is 5.82 Å². The number of aromatic carboxylic acids is 1. The van der Waals surface area contributed by atoms with Crippen molar-refractivity contribution in [2.45, 2.75) is 25.9 Å². The number of ether oxygens (including phenoxy) is 1. The van der Waals surface area contributed by atoms with E-state index in [1.54, 1.807) is 12.1 Å². The van der Waals surface area contributed by atoms with Gasteiger partial charge in [0.25, 0.3) is 0 Å². The van der Waals surface area contributed by atoms with Gasteiger partial charge in [-0.1, -0.05) is 11.6 Å². The maximum atomic E-state index is 11.0. The third-order valence-electron chi connectivity index (χ3n) is 3.19. The van der Waals surface area contributed by atoms with Gasteiger partial charge in [-0.25, -0.2) is 9.78 Å². The van der Waals surface area contributed by atoms with Gasteiger partial charge in [-0.3, -0.25) is 0 Å². The first-order chi connectivity index (χ1) is 9.11. The molecule has 0 aliphatic carbocycles. The highest BCUT2D eigenvalue weighted by Gasteiger charge is 2.20. The molecule has 1 atom stereocenters. The molecule has 104 valence electrons. The van der Waals surface area contributed by atoms with E-state index in [0.717, 1.165) is 32.5 Å². The molecule has 6 heteroatoms. The van der Waals surface area contributed by atoms with Crippen LogP contribution in [0.15, 0.2) is 12.1 Å². The van der Waals surface area contributed by atoms with Gasteiger partial charge in [-0.15, -0.1) is 0 Å². The lowest BCUT2D eigenvalue weighted by Gasteiger charge is -2.25. The molecule has 1 fully saturated rings. The van der Waals surface area contributed by atoms with Gasteiger partial charge in [0, 0.05) is 19.7 Å². The Balaban J connectivity index is 2.17. The van der Waals surface area contributed by atoms with Crippen molar-refractivity contribution in [3.8, 4) is 0 Å². The van der Waals surface area contributed by atoms with Crippen LogP contribution in [0.1, 0.15) is 30.3 Å². The molecule has 1 saturated heterocycles. The molecule has 0 saturated carbocycles. The molecule has 0 bridgehead atoms. The summed E-state index contributed by atoms with van der Waals surface area (Å²) in [5.41, 5.74) is -0.107. The average Bonchev–Trinajstić information content (AvgIpc) is 2.89. The smallest absolute Gasteiger partial charge is 0.356 e. The molecule has 1 aromatic heterocycles. The van der Waals surface area contributed by atoms with E-state index in [9.17, 15) is 4.79 Å². The molecular weight excluding hydrogens is 268 g/mol. The van der Waals surface area contributed by atoms with Crippen LogP contribution in [0.5, 0.6) is 0 Å². The number of carbonyl (C=O) groups is 1. The van der Waals surface area contributed by atoms with Gasteiger partial charge in [-0.2, -0.15) is 0 Å². The van der Waals surface area contributed by atoms with Crippen molar-refractivity contribution in [2.75, 3.05) is 24.6 Å². The number of hydrogen-bond acceptors (Lipinski definition) is 4. The lowest BCUT2D eigenvalue weighted by Crippen LogP contribution is -2.32. The average molecular weight is 285 g/mol. The fraction of sp³-hybridized carbons (Fsp3) is 0.538. The van der Waals surface area contributed by atoms with Crippen LogP contribution in [-0.2, 0) is 4.74 Å². The molecule has 0 amide bonds. The van der Waals surface area contributed by atoms with Crippen molar-refractivity contribution in [3.63, 3.8) is 0 Å². The Morgan fingerprint density at radius 2 is 2.42 bits per heavy atom. The SMILES string of the molecule is CCN(CC1CCCO1)c1ccc(Cl)c(C(=O)O)n1. The number of rotatable bonds is 5. The first kappa shape index (κ1) is 14.1. The van der Waals surface area contributed by atoms with Gasteiger partial charge >= 0.3 is 5.97 Å². The second-order valence-corrected chi connectivity index (χ2v) is 4.89. The molecule has 5 nitrogen and oxygen atoms in total. The van der Waals surface area contributed by atoms with Crippen LogP contribution in [0.4, 0.5) is 5.82 Å². The predicted molar refractivity (Wildman–Crippen MR) is 73.1 cm³/mol. The third-order valence-corrected chi connectivity index (χ3v) is 3.49. The number of carboxylic acid groups (broad SMARTS) is 1. The van der Waals surface area contributed by atoms with Gasteiger partial charge in [-0.05, 0) is 31.9 Å². The number of hydrogen-bond donors (Lipinski definition) is 1. The summed E-state index contributed by atoms with van der Waals surface area (Å²) in [6, 6.07) is 3.32. The van der Waals surface area contributed by atoms with Crippen LogP contribution in [0.2, 0.25) is 5.02 Å². The largest absolute Gasteiger partial charge is 0.476 e.